The Morgan fingerprint density at radius 3 is 2.60 bits per heavy atom. The second-order valence-corrected chi connectivity index (χ2v) is 11.6. The number of pyridine rings is 1. The number of aromatic amines is 1. The zero-order chi connectivity index (χ0) is 33.6. The quantitative estimate of drug-likeness (QED) is 0.247. The van der Waals surface area contributed by atoms with E-state index in [1.54, 1.807) is 22.9 Å². The van der Waals surface area contributed by atoms with Crippen LogP contribution in [0.25, 0.3) is 33.2 Å². The Morgan fingerprint density at radius 2 is 1.85 bits per heavy atom. The Bertz CT molecular complexity index is 2120. The number of imidazole rings is 2. The fourth-order valence-corrected chi connectivity index (χ4v) is 6.21. The summed E-state index contributed by atoms with van der Waals surface area (Å²) < 4.78 is 56.1. The number of methoxy groups -OCH3 is 2. The fraction of sp³-hybridized carbons (Fsp3) is 0.303. The summed E-state index contributed by atoms with van der Waals surface area (Å²) in [6.45, 7) is 1.06. The first-order valence-corrected chi connectivity index (χ1v) is 15.2. The molecule has 1 fully saturated rings. The Balaban J connectivity index is 1.24. The van der Waals surface area contributed by atoms with Gasteiger partial charge in [-0.05, 0) is 30.3 Å². The number of nitrogens with one attached hydrogen (secondary N) is 1. The van der Waals surface area contributed by atoms with Crippen molar-refractivity contribution in [3.63, 3.8) is 0 Å². The molecule has 1 N–H and O–H groups in total. The van der Waals surface area contributed by atoms with Gasteiger partial charge in [-0.15, -0.1) is 0 Å². The normalized spacial score (nSPS) is 15.8. The van der Waals surface area contributed by atoms with Crippen LogP contribution in [0.4, 0.5) is 13.2 Å². The highest BCUT2D eigenvalue weighted by Crippen LogP contribution is 2.35. The predicted octanol–water partition coefficient (Wildman–Crippen LogP) is 4.83. The lowest BCUT2D eigenvalue weighted by Gasteiger charge is -2.40. The molecular formula is C33H32F3N9O3. The minimum absolute atomic E-state index is 0.112. The Hall–Kier alpha value is -5.44. The number of aryl methyl sites for hydroxylation is 1. The summed E-state index contributed by atoms with van der Waals surface area (Å²) in [6.07, 6.45) is -1.27. The van der Waals surface area contributed by atoms with E-state index in [-0.39, 0.29) is 17.6 Å². The summed E-state index contributed by atoms with van der Waals surface area (Å²) in [7, 11) is 4.81. The molecule has 4 aromatic heterocycles. The number of para-hydroxylation sites is 1. The van der Waals surface area contributed by atoms with Crippen LogP contribution in [-0.2, 0) is 31.1 Å². The molecule has 0 spiro atoms. The van der Waals surface area contributed by atoms with Crippen molar-refractivity contribution in [2.24, 2.45) is 7.05 Å². The van der Waals surface area contributed by atoms with Crippen LogP contribution in [0, 0.1) is 0 Å². The molecule has 6 aromatic rings. The van der Waals surface area contributed by atoms with Gasteiger partial charge in [-0.2, -0.15) is 18.3 Å². The highest BCUT2D eigenvalue weighted by molar-refractivity contribution is 5.86. The van der Waals surface area contributed by atoms with Gasteiger partial charge in [0.05, 0.1) is 53.9 Å². The SMILES string of the molecule is COc1ccc2nc(C(F)(F)F)n(CC(=O)N3CCN(Cc4ccn(C)n4)C[C@H]3c3ncc(-c4cc5ccccc5nc4OC)[nH]3)c2c1. The molecule has 0 unspecified atom stereocenters. The first kappa shape index (κ1) is 31.2. The number of halogens is 3. The number of rotatable bonds is 8. The topological polar surface area (TPSA) is 119 Å². The maximum absolute atomic E-state index is 14.2. The molecule has 1 amide bonds. The number of alkyl halides is 3. The second kappa shape index (κ2) is 12.3. The molecule has 0 radical (unpaired) electrons. The minimum atomic E-state index is -4.78. The highest BCUT2D eigenvalue weighted by Gasteiger charge is 2.40. The van der Waals surface area contributed by atoms with Crippen molar-refractivity contribution in [3.8, 4) is 22.9 Å². The number of ether oxygens (including phenoxy) is 2. The van der Waals surface area contributed by atoms with Gasteiger partial charge in [-0.1, -0.05) is 18.2 Å². The van der Waals surface area contributed by atoms with E-state index in [1.165, 1.54) is 25.3 Å². The number of hydrogen-bond acceptors (Lipinski definition) is 8. The van der Waals surface area contributed by atoms with Crippen molar-refractivity contribution in [2.75, 3.05) is 33.9 Å². The molecule has 1 aliphatic rings. The van der Waals surface area contributed by atoms with E-state index in [2.05, 4.69) is 29.9 Å². The van der Waals surface area contributed by atoms with Gasteiger partial charge < -0.3 is 23.9 Å². The number of fused-ring (bicyclic) bond motifs is 2. The Kier molecular flexibility index (Phi) is 7.99. The average Bonchev–Trinajstić information content (AvgIpc) is 3.82. The number of amides is 1. The molecule has 15 heteroatoms. The number of nitrogens with zero attached hydrogens (tertiary/aromatic N) is 8. The third-order valence-electron chi connectivity index (χ3n) is 8.53. The molecule has 1 atom stereocenters. The van der Waals surface area contributed by atoms with Crippen molar-refractivity contribution < 1.29 is 27.4 Å². The molecule has 5 heterocycles. The summed E-state index contributed by atoms with van der Waals surface area (Å²) in [5, 5.41) is 5.40. The van der Waals surface area contributed by atoms with Crippen molar-refractivity contribution in [3.05, 3.63) is 84.3 Å². The van der Waals surface area contributed by atoms with Gasteiger partial charge in [-0.25, -0.2) is 15.0 Å². The summed E-state index contributed by atoms with van der Waals surface area (Å²) in [5.41, 5.74) is 3.20. The van der Waals surface area contributed by atoms with Crippen molar-refractivity contribution in [1.29, 1.82) is 0 Å². The number of piperazine rings is 1. The summed E-state index contributed by atoms with van der Waals surface area (Å²) in [4.78, 5) is 34.3. The van der Waals surface area contributed by atoms with Crippen LogP contribution < -0.4 is 9.47 Å². The van der Waals surface area contributed by atoms with Gasteiger partial charge in [0.1, 0.15) is 24.2 Å². The maximum atomic E-state index is 14.2. The first-order valence-electron chi connectivity index (χ1n) is 15.2. The maximum Gasteiger partial charge on any atom is 0.449 e. The lowest BCUT2D eigenvalue weighted by molar-refractivity contribution is -0.148. The van der Waals surface area contributed by atoms with Crippen LogP contribution in [0.5, 0.6) is 11.6 Å². The number of carbonyl (C=O) groups is 1. The van der Waals surface area contributed by atoms with Crippen LogP contribution in [-0.4, -0.2) is 83.8 Å². The van der Waals surface area contributed by atoms with Crippen LogP contribution in [0.15, 0.2) is 67.0 Å². The van der Waals surface area contributed by atoms with E-state index in [4.69, 9.17) is 9.47 Å². The number of hydrogen-bond donors (Lipinski definition) is 1. The Labute approximate surface area is 272 Å². The second-order valence-electron chi connectivity index (χ2n) is 11.6. The first-order chi connectivity index (χ1) is 23.1. The predicted molar refractivity (Wildman–Crippen MR) is 170 cm³/mol. The number of aromatic nitrogens is 7. The van der Waals surface area contributed by atoms with E-state index in [0.717, 1.165) is 21.2 Å². The van der Waals surface area contributed by atoms with Crippen LogP contribution in [0.3, 0.4) is 0 Å². The average molecular weight is 660 g/mol. The molecular weight excluding hydrogens is 627 g/mol. The van der Waals surface area contributed by atoms with Gasteiger partial charge in [0.2, 0.25) is 17.6 Å². The molecule has 0 bridgehead atoms. The van der Waals surface area contributed by atoms with Crippen molar-refractivity contribution in [1.82, 2.24) is 44.1 Å². The minimum Gasteiger partial charge on any atom is -0.497 e. The number of H-pyrrole nitrogens is 1. The molecule has 12 nitrogen and oxygen atoms in total. The van der Waals surface area contributed by atoms with E-state index >= 15 is 0 Å². The monoisotopic (exact) mass is 659 g/mol. The number of benzene rings is 2. The zero-order valence-corrected chi connectivity index (χ0v) is 26.4. The summed E-state index contributed by atoms with van der Waals surface area (Å²) >= 11 is 0. The molecule has 7 rings (SSSR count). The zero-order valence-electron chi connectivity index (χ0n) is 26.4. The van der Waals surface area contributed by atoms with Crippen molar-refractivity contribution in [2.45, 2.75) is 25.3 Å². The summed E-state index contributed by atoms with van der Waals surface area (Å²) in [6, 6.07) is 15.4. The third-order valence-corrected chi connectivity index (χ3v) is 8.53. The van der Waals surface area contributed by atoms with E-state index in [9.17, 15) is 18.0 Å². The van der Waals surface area contributed by atoms with E-state index < -0.39 is 30.5 Å². The van der Waals surface area contributed by atoms with Crippen molar-refractivity contribution >= 4 is 27.8 Å². The lowest BCUT2D eigenvalue weighted by Crippen LogP contribution is -2.51. The van der Waals surface area contributed by atoms with Gasteiger partial charge in [0, 0.05) is 50.9 Å². The molecule has 1 aliphatic heterocycles. The van der Waals surface area contributed by atoms with Crippen LogP contribution in [0.1, 0.15) is 23.4 Å². The van der Waals surface area contributed by atoms with Gasteiger partial charge in [0.25, 0.3) is 0 Å². The highest BCUT2D eigenvalue weighted by atomic mass is 19.4. The molecule has 0 saturated carbocycles. The molecule has 248 valence electrons. The lowest BCUT2D eigenvalue weighted by atomic mass is 10.1. The van der Waals surface area contributed by atoms with Crippen LogP contribution >= 0.6 is 0 Å². The van der Waals surface area contributed by atoms with Gasteiger partial charge in [0.15, 0.2) is 0 Å². The third kappa shape index (κ3) is 5.92. The fourth-order valence-electron chi connectivity index (χ4n) is 6.21. The largest absolute Gasteiger partial charge is 0.497 e. The Morgan fingerprint density at radius 1 is 1.02 bits per heavy atom. The van der Waals surface area contributed by atoms with E-state index in [0.29, 0.717) is 48.3 Å². The summed E-state index contributed by atoms with van der Waals surface area (Å²) in [5.74, 6) is -0.423. The van der Waals surface area contributed by atoms with Gasteiger partial charge in [-0.3, -0.25) is 14.4 Å². The molecule has 48 heavy (non-hydrogen) atoms. The molecule has 0 aliphatic carbocycles. The smallest absolute Gasteiger partial charge is 0.449 e. The van der Waals surface area contributed by atoms with E-state index in [1.807, 2.05) is 49.6 Å². The van der Waals surface area contributed by atoms with Gasteiger partial charge >= 0.3 is 6.18 Å². The molecule has 1 saturated heterocycles. The standard InChI is InChI=1S/C33H32F3N9O3/c1-42-11-10-21(41-42)17-43-12-13-44(29(46)19-45-27-15-22(47-2)8-9-25(27)40-32(45)33(34,35)36)28(18-43)30-37-16-26(38-30)23-14-20-6-4-5-7-24(20)39-31(23)48-3/h4-11,14-16,28H,12-13,17-19H2,1-3H3,(H,37,38)/t28-/m0/s1. The molecule has 2 aromatic carbocycles. The number of carbonyl (C=O) groups excluding carboxylic acids is 1. The van der Waals surface area contributed by atoms with Crippen LogP contribution in [0.2, 0.25) is 0 Å².